The smallest absolute Gasteiger partial charge is 0.452 e. The third-order valence-electron chi connectivity index (χ3n) is 3.86. The van der Waals surface area contributed by atoms with E-state index in [-0.39, 0.29) is 23.6 Å². The van der Waals surface area contributed by atoms with E-state index in [2.05, 4.69) is 24.6 Å². The van der Waals surface area contributed by atoms with E-state index >= 15 is 0 Å². The molecule has 0 radical (unpaired) electrons. The van der Waals surface area contributed by atoms with E-state index in [4.69, 9.17) is 15.2 Å². The maximum Gasteiger partial charge on any atom is 0.452 e. The number of nitrogens with two attached hydrogens (primary N) is 1. The molecule has 33 heavy (non-hydrogen) atoms. The maximum absolute atomic E-state index is 10.8. The summed E-state index contributed by atoms with van der Waals surface area (Å²) < 4.78 is 20.0. The number of anilines is 1. The number of rotatable bonds is 7. The number of nitro benzene ring substituents is 1. The molecule has 0 saturated carbocycles. The van der Waals surface area contributed by atoms with Crippen molar-refractivity contribution in [3.8, 4) is 5.75 Å². The predicted octanol–water partition coefficient (Wildman–Crippen LogP) is 3.42. The minimum Gasteiger partial charge on any atom is -0.492 e. The molecule has 0 aliphatic carbocycles. The molecular weight excluding hydrogens is 438 g/mol. The first kappa shape index (κ1) is 27.7. The van der Waals surface area contributed by atoms with Crippen molar-refractivity contribution in [3.63, 3.8) is 0 Å². The van der Waals surface area contributed by atoms with Crippen LogP contribution in [0, 0.1) is 10.1 Å². The van der Waals surface area contributed by atoms with Crippen molar-refractivity contribution >= 4 is 23.6 Å². The maximum atomic E-state index is 10.8. The zero-order valence-corrected chi connectivity index (χ0v) is 19.3. The molecule has 1 heterocycles. The quantitative estimate of drug-likeness (QED) is 0.270. The Morgan fingerprint density at radius 3 is 2.15 bits per heavy atom. The van der Waals surface area contributed by atoms with E-state index in [1.54, 1.807) is 33.8 Å². The molecule has 13 nitrogen and oxygen atoms in total. The Bertz CT molecular complexity index is 786. The number of ether oxygens (including phenoxy) is 4. The summed E-state index contributed by atoms with van der Waals surface area (Å²) in [5.41, 5.74) is 5.54. The van der Waals surface area contributed by atoms with Crippen molar-refractivity contribution in [3.05, 3.63) is 28.3 Å². The largest absolute Gasteiger partial charge is 0.492 e. The Balaban J connectivity index is 0.000000349. The molecular formula is C20H31N5O8. The molecule has 2 rings (SSSR count). The van der Waals surface area contributed by atoms with Crippen molar-refractivity contribution in [1.82, 2.24) is 4.90 Å². The zero-order valence-electron chi connectivity index (χ0n) is 19.3. The predicted molar refractivity (Wildman–Crippen MR) is 118 cm³/mol. The monoisotopic (exact) mass is 469 g/mol. The van der Waals surface area contributed by atoms with Crippen LogP contribution in [0.5, 0.6) is 5.75 Å². The second kappa shape index (κ2) is 14.7. The van der Waals surface area contributed by atoms with E-state index in [9.17, 15) is 19.7 Å². The minimum atomic E-state index is -0.902. The number of nitrogen functional groups attached to an aromatic ring is 1. The van der Waals surface area contributed by atoms with Crippen LogP contribution >= 0.6 is 0 Å². The van der Waals surface area contributed by atoms with Gasteiger partial charge in [0, 0.05) is 19.6 Å². The number of azo groups is 1. The van der Waals surface area contributed by atoms with Gasteiger partial charge in [-0.2, -0.15) is 0 Å². The molecule has 1 fully saturated rings. The summed E-state index contributed by atoms with van der Waals surface area (Å²) in [5, 5.41) is 16.8. The van der Waals surface area contributed by atoms with Crippen molar-refractivity contribution in [2.24, 2.45) is 10.2 Å². The van der Waals surface area contributed by atoms with E-state index in [1.807, 2.05) is 0 Å². The van der Waals surface area contributed by atoms with Gasteiger partial charge in [0.25, 0.3) is 5.69 Å². The molecule has 184 valence electrons. The minimum absolute atomic E-state index is 0.121. The highest BCUT2D eigenvalue weighted by molar-refractivity contribution is 5.73. The average molecular weight is 469 g/mol. The highest BCUT2D eigenvalue weighted by atomic mass is 16.6. The van der Waals surface area contributed by atoms with Gasteiger partial charge in [-0.1, -0.05) is 10.2 Å². The van der Waals surface area contributed by atoms with Gasteiger partial charge < -0.3 is 24.7 Å². The van der Waals surface area contributed by atoms with Gasteiger partial charge in [0.05, 0.1) is 36.4 Å². The zero-order chi connectivity index (χ0) is 24.8. The van der Waals surface area contributed by atoms with Crippen molar-refractivity contribution in [2.75, 3.05) is 45.2 Å². The molecule has 2 amide bonds. The summed E-state index contributed by atoms with van der Waals surface area (Å²) in [7, 11) is 0. The summed E-state index contributed by atoms with van der Waals surface area (Å²) >= 11 is 0. The Morgan fingerprint density at radius 2 is 1.67 bits per heavy atom. The average Bonchev–Trinajstić information content (AvgIpc) is 2.73. The fourth-order valence-electron chi connectivity index (χ4n) is 2.42. The third kappa shape index (κ3) is 12.3. The SMILES string of the molecule is CC(C)OC(=O)/N=N/C(=O)OC(C)C.Nc1ccc(OCCN2CCOCC2)cc1[N+](=O)[O-]. The van der Waals surface area contributed by atoms with E-state index in [0.29, 0.717) is 12.4 Å². The van der Waals surface area contributed by atoms with E-state index in [0.717, 1.165) is 32.8 Å². The van der Waals surface area contributed by atoms with Gasteiger partial charge >= 0.3 is 12.2 Å². The van der Waals surface area contributed by atoms with Crippen LogP contribution in [0.15, 0.2) is 28.4 Å². The van der Waals surface area contributed by atoms with E-state index in [1.165, 1.54) is 12.1 Å². The van der Waals surface area contributed by atoms with Crippen LogP contribution in [-0.4, -0.2) is 73.7 Å². The number of benzene rings is 1. The molecule has 1 aromatic rings. The Kier molecular flexibility index (Phi) is 12.3. The van der Waals surface area contributed by atoms with Gasteiger partial charge in [-0.05, 0) is 39.8 Å². The topological polar surface area (TPSA) is 168 Å². The highest BCUT2D eigenvalue weighted by Gasteiger charge is 2.13. The van der Waals surface area contributed by atoms with Gasteiger partial charge in [-0.15, -0.1) is 0 Å². The second-order valence-corrected chi connectivity index (χ2v) is 7.35. The van der Waals surface area contributed by atoms with Crippen molar-refractivity contribution in [2.45, 2.75) is 39.9 Å². The lowest BCUT2D eigenvalue weighted by Gasteiger charge is -2.26. The van der Waals surface area contributed by atoms with Crippen LogP contribution in [0.3, 0.4) is 0 Å². The standard InChI is InChI=1S/C12H17N3O4.C8H14N2O4/c13-11-2-1-10(9-12(11)15(16)17)19-8-5-14-3-6-18-7-4-14;1-5(2)13-7(11)9-10-8(12)14-6(3)4/h1-2,9H,3-8,13H2;5-6H,1-4H3/b;10-9+. The van der Waals surface area contributed by atoms with Crippen LogP contribution in [0.1, 0.15) is 27.7 Å². The molecule has 0 bridgehead atoms. The van der Waals surface area contributed by atoms with Gasteiger partial charge in [-0.25, -0.2) is 9.59 Å². The molecule has 1 aliphatic heterocycles. The van der Waals surface area contributed by atoms with Gasteiger partial charge in [0.15, 0.2) is 0 Å². The number of carbonyl (C=O) groups excluding carboxylic acids is 2. The first-order chi connectivity index (χ1) is 15.6. The normalized spacial score (nSPS) is 14.0. The lowest BCUT2D eigenvalue weighted by atomic mass is 10.2. The first-order valence-electron chi connectivity index (χ1n) is 10.4. The summed E-state index contributed by atoms with van der Waals surface area (Å²) in [6, 6.07) is 4.48. The molecule has 2 N–H and O–H groups in total. The first-order valence-corrected chi connectivity index (χ1v) is 10.4. The summed E-state index contributed by atoms with van der Waals surface area (Å²) in [5.74, 6) is 0.467. The molecule has 0 atom stereocenters. The number of carbonyl (C=O) groups is 2. The molecule has 13 heteroatoms. The number of hydrogen-bond donors (Lipinski definition) is 1. The Morgan fingerprint density at radius 1 is 1.12 bits per heavy atom. The molecule has 1 saturated heterocycles. The van der Waals surface area contributed by atoms with Crippen LogP contribution in [0.2, 0.25) is 0 Å². The summed E-state index contributed by atoms with van der Waals surface area (Å²) in [6.07, 6.45) is -2.38. The van der Waals surface area contributed by atoms with Crippen LogP contribution in [0.4, 0.5) is 21.0 Å². The highest BCUT2D eigenvalue weighted by Crippen LogP contribution is 2.26. The lowest BCUT2D eigenvalue weighted by Crippen LogP contribution is -2.38. The van der Waals surface area contributed by atoms with Crippen molar-refractivity contribution in [1.29, 1.82) is 0 Å². The second-order valence-electron chi connectivity index (χ2n) is 7.35. The third-order valence-corrected chi connectivity index (χ3v) is 3.86. The fourth-order valence-corrected chi connectivity index (χ4v) is 2.42. The number of morpholine rings is 1. The molecule has 1 aliphatic rings. The van der Waals surface area contributed by atoms with Gasteiger partial charge in [-0.3, -0.25) is 15.0 Å². The van der Waals surface area contributed by atoms with Crippen LogP contribution in [-0.2, 0) is 14.2 Å². The Hall–Kier alpha value is -3.32. The Labute approximate surface area is 192 Å². The van der Waals surface area contributed by atoms with E-state index < -0.39 is 17.1 Å². The van der Waals surface area contributed by atoms with Crippen LogP contribution < -0.4 is 10.5 Å². The van der Waals surface area contributed by atoms with Crippen LogP contribution in [0.25, 0.3) is 0 Å². The number of amides is 2. The number of nitrogens with zero attached hydrogens (tertiary/aromatic N) is 4. The number of nitro groups is 1. The van der Waals surface area contributed by atoms with Gasteiger partial charge in [0.2, 0.25) is 0 Å². The van der Waals surface area contributed by atoms with Crippen molar-refractivity contribution < 1.29 is 33.5 Å². The molecule has 0 aromatic heterocycles. The molecule has 0 spiro atoms. The fraction of sp³-hybridized carbons (Fsp3) is 0.600. The summed E-state index contributed by atoms with van der Waals surface area (Å²) in [4.78, 5) is 34.0. The summed E-state index contributed by atoms with van der Waals surface area (Å²) in [6.45, 7) is 11.2. The lowest BCUT2D eigenvalue weighted by molar-refractivity contribution is -0.384. The van der Waals surface area contributed by atoms with Gasteiger partial charge in [0.1, 0.15) is 18.0 Å². The molecule has 1 aromatic carbocycles. The molecule has 0 unspecified atom stereocenters. The number of hydrogen-bond acceptors (Lipinski definition) is 10.